The highest BCUT2D eigenvalue weighted by molar-refractivity contribution is 5.25. The Morgan fingerprint density at radius 1 is 1.25 bits per heavy atom. The molecule has 1 aromatic rings. The van der Waals surface area contributed by atoms with Gasteiger partial charge in [0.2, 0.25) is 0 Å². The van der Waals surface area contributed by atoms with Gasteiger partial charge in [-0.2, -0.15) is 0 Å². The lowest BCUT2D eigenvalue weighted by Crippen LogP contribution is -1.96. The highest BCUT2D eigenvalue weighted by Gasteiger charge is 2.05. The lowest BCUT2D eigenvalue weighted by Gasteiger charge is -2.02. The van der Waals surface area contributed by atoms with Crippen molar-refractivity contribution in [2.75, 3.05) is 6.61 Å². The minimum absolute atomic E-state index is 0.0247. The average Bonchev–Trinajstić information content (AvgIpc) is 2.01. The summed E-state index contributed by atoms with van der Waals surface area (Å²) in [4.78, 5) is 0. The van der Waals surface area contributed by atoms with Gasteiger partial charge in [0.25, 0.3) is 0 Å². The second-order valence-corrected chi connectivity index (χ2v) is 2.66. The van der Waals surface area contributed by atoms with E-state index < -0.39 is 11.6 Å². The SMILES string of the molecule is Cc1c(F)cc(CCO)cc1F. The maximum atomic E-state index is 12.8. The van der Waals surface area contributed by atoms with Gasteiger partial charge in [0.05, 0.1) is 0 Å². The topological polar surface area (TPSA) is 20.2 Å². The molecule has 1 aromatic carbocycles. The number of rotatable bonds is 2. The summed E-state index contributed by atoms with van der Waals surface area (Å²) in [5.41, 5.74) is 0.509. The Balaban J connectivity index is 3.04. The van der Waals surface area contributed by atoms with Crippen molar-refractivity contribution >= 4 is 0 Å². The van der Waals surface area contributed by atoms with Gasteiger partial charge in [0, 0.05) is 12.2 Å². The predicted molar refractivity (Wildman–Crippen MR) is 41.9 cm³/mol. The molecule has 0 aliphatic carbocycles. The van der Waals surface area contributed by atoms with Crippen LogP contribution in [0.25, 0.3) is 0 Å². The molecule has 0 radical (unpaired) electrons. The minimum atomic E-state index is -0.557. The van der Waals surface area contributed by atoms with Gasteiger partial charge < -0.3 is 5.11 Å². The van der Waals surface area contributed by atoms with E-state index in [1.807, 2.05) is 0 Å². The van der Waals surface area contributed by atoms with Crippen molar-refractivity contribution < 1.29 is 13.9 Å². The molecule has 0 bridgehead atoms. The Bertz CT molecular complexity index is 261. The van der Waals surface area contributed by atoms with Gasteiger partial charge in [-0.3, -0.25) is 0 Å². The van der Waals surface area contributed by atoms with E-state index in [1.165, 1.54) is 19.1 Å². The van der Waals surface area contributed by atoms with E-state index in [4.69, 9.17) is 5.11 Å². The van der Waals surface area contributed by atoms with E-state index >= 15 is 0 Å². The van der Waals surface area contributed by atoms with E-state index in [0.29, 0.717) is 5.56 Å². The van der Waals surface area contributed by atoms with Crippen molar-refractivity contribution in [3.8, 4) is 0 Å². The first-order valence-electron chi connectivity index (χ1n) is 3.70. The summed E-state index contributed by atoms with van der Waals surface area (Å²) < 4.78 is 25.7. The molecule has 0 saturated carbocycles. The molecule has 0 aliphatic heterocycles. The number of benzene rings is 1. The van der Waals surface area contributed by atoms with Crippen LogP contribution in [0.1, 0.15) is 11.1 Å². The molecule has 66 valence electrons. The third-order valence-electron chi connectivity index (χ3n) is 1.74. The van der Waals surface area contributed by atoms with Gasteiger partial charge in [-0.15, -0.1) is 0 Å². The number of aliphatic hydroxyl groups excluding tert-OH is 1. The van der Waals surface area contributed by atoms with Crippen LogP contribution in [0.2, 0.25) is 0 Å². The second-order valence-electron chi connectivity index (χ2n) is 2.66. The predicted octanol–water partition coefficient (Wildman–Crippen LogP) is 1.81. The van der Waals surface area contributed by atoms with Crippen molar-refractivity contribution in [1.82, 2.24) is 0 Å². The molecule has 1 nitrogen and oxygen atoms in total. The first-order valence-corrected chi connectivity index (χ1v) is 3.70. The fourth-order valence-corrected chi connectivity index (χ4v) is 0.971. The molecule has 1 rings (SSSR count). The number of aliphatic hydroxyl groups is 1. The number of hydrogen-bond acceptors (Lipinski definition) is 1. The Morgan fingerprint density at radius 3 is 2.17 bits per heavy atom. The Hall–Kier alpha value is -0.960. The zero-order valence-electron chi connectivity index (χ0n) is 6.77. The largest absolute Gasteiger partial charge is 0.396 e. The molecule has 12 heavy (non-hydrogen) atoms. The normalized spacial score (nSPS) is 10.3. The van der Waals surface area contributed by atoms with Crippen LogP contribution in [0.15, 0.2) is 12.1 Å². The highest BCUT2D eigenvalue weighted by Crippen LogP contribution is 2.14. The maximum absolute atomic E-state index is 12.8. The van der Waals surface area contributed by atoms with E-state index in [0.717, 1.165) is 0 Å². The monoisotopic (exact) mass is 172 g/mol. The average molecular weight is 172 g/mol. The third-order valence-corrected chi connectivity index (χ3v) is 1.74. The molecule has 0 atom stereocenters. The Morgan fingerprint density at radius 2 is 1.75 bits per heavy atom. The van der Waals surface area contributed by atoms with Crippen molar-refractivity contribution in [1.29, 1.82) is 0 Å². The zero-order valence-corrected chi connectivity index (χ0v) is 6.77. The van der Waals surface area contributed by atoms with Crippen LogP contribution < -0.4 is 0 Å². The standard InChI is InChI=1S/C9H10F2O/c1-6-8(10)4-7(2-3-12)5-9(6)11/h4-5,12H,2-3H2,1H3. The van der Waals surface area contributed by atoms with Crippen LogP contribution in [0.5, 0.6) is 0 Å². The third kappa shape index (κ3) is 1.80. The van der Waals surface area contributed by atoms with Crippen LogP contribution in [-0.4, -0.2) is 11.7 Å². The van der Waals surface area contributed by atoms with Crippen molar-refractivity contribution in [2.24, 2.45) is 0 Å². The molecule has 3 heteroatoms. The molecular formula is C9H10F2O. The smallest absolute Gasteiger partial charge is 0.129 e. The first-order chi connectivity index (χ1) is 5.65. The van der Waals surface area contributed by atoms with Crippen LogP contribution in [0, 0.1) is 18.6 Å². The van der Waals surface area contributed by atoms with Gasteiger partial charge in [-0.05, 0) is 31.0 Å². The number of hydrogen-bond donors (Lipinski definition) is 1. The molecule has 0 aromatic heterocycles. The summed E-state index contributed by atoms with van der Waals surface area (Å²) in [6, 6.07) is 2.49. The molecule has 0 aliphatic rings. The van der Waals surface area contributed by atoms with Gasteiger partial charge >= 0.3 is 0 Å². The van der Waals surface area contributed by atoms with Crippen molar-refractivity contribution in [3.05, 3.63) is 34.9 Å². The minimum Gasteiger partial charge on any atom is -0.396 e. The van der Waals surface area contributed by atoms with Gasteiger partial charge in [0.15, 0.2) is 0 Å². The van der Waals surface area contributed by atoms with Crippen LogP contribution >= 0.6 is 0 Å². The molecule has 1 N–H and O–H groups in total. The summed E-state index contributed by atoms with van der Waals surface area (Å²) in [5, 5.41) is 8.53. The van der Waals surface area contributed by atoms with Crippen LogP contribution in [0.4, 0.5) is 8.78 Å². The molecule has 0 unspecified atom stereocenters. The maximum Gasteiger partial charge on any atom is 0.129 e. The van der Waals surface area contributed by atoms with E-state index in [9.17, 15) is 8.78 Å². The van der Waals surface area contributed by atoms with Crippen LogP contribution in [0.3, 0.4) is 0 Å². The fraction of sp³-hybridized carbons (Fsp3) is 0.333. The summed E-state index contributed by atoms with van der Waals surface area (Å²) in [7, 11) is 0. The molecular weight excluding hydrogens is 162 g/mol. The molecule has 0 saturated heterocycles. The Kier molecular flexibility index (Phi) is 2.76. The van der Waals surface area contributed by atoms with Gasteiger partial charge in [-0.1, -0.05) is 0 Å². The van der Waals surface area contributed by atoms with Crippen molar-refractivity contribution in [3.63, 3.8) is 0 Å². The van der Waals surface area contributed by atoms with Gasteiger partial charge in [0.1, 0.15) is 11.6 Å². The summed E-state index contributed by atoms with van der Waals surface area (Å²) >= 11 is 0. The summed E-state index contributed by atoms with van der Waals surface area (Å²) in [6.45, 7) is 1.29. The molecule has 0 fully saturated rings. The highest BCUT2D eigenvalue weighted by atomic mass is 19.1. The molecule has 0 spiro atoms. The fourth-order valence-electron chi connectivity index (χ4n) is 0.971. The molecule has 0 amide bonds. The molecule has 0 heterocycles. The van der Waals surface area contributed by atoms with Crippen LogP contribution in [-0.2, 0) is 6.42 Å². The second kappa shape index (κ2) is 3.63. The van der Waals surface area contributed by atoms with E-state index in [1.54, 1.807) is 0 Å². The summed E-state index contributed by atoms with van der Waals surface area (Å²) in [6.07, 6.45) is 0.286. The van der Waals surface area contributed by atoms with E-state index in [2.05, 4.69) is 0 Å². The zero-order chi connectivity index (χ0) is 9.14. The van der Waals surface area contributed by atoms with Crippen molar-refractivity contribution in [2.45, 2.75) is 13.3 Å². The number of halogens is 2. The lowest BCUT2D eigenvalue weighted by molar-refractivity contribution is 0.299. The lowest BCUT2D eigenvalue weighted by atomic mass is 10.1. The quantitative estimate of drug-likeness (QED) is 0.721. The van der Waals surface area contributed by atoms with Gasteiger partial charge in [-0.25, -0.2) is 8.78 Å². The van der Waals surface area contributed by atoms with E-state index in [-0.39, 0.29) is 18.6 Å². The first kappa shape index (κ1) is 9.13. The Labute approximate surface area is 69.7 Å². The summed E-state index contributed by atoms with van der Waals surface area (Å²) in [5.74, 6) is -1.11.